The van der Waals surface area contributed by atoms with E-state index in [-0.39, 0.29) is 18.0 Å². The summed E-state index contributed by atoms with van der Waals surface area (Å²) in [6.07, 6.45) is 3.14. The summed E-state index contributed by atoms with van der Waals surface area (Å²) >= 11 is 0. The van der Waals surface area contributed by atoms with Crippen LogP contribution in [0.15, 0.2) is 12.2 Å². The van der Waals surface area contributed by atoms with Gasteiger partial charge in [-0.1, -0.05) is 12.2 Å². The number of ether oxygens (including phenoxy) is 1. The van der Waals surface area contributed by atoms with Gasteiger partial charge in [0, 0.05) is 6.42 Å². The van der Waals surface area contributed by atoms with Crippen LogP contribution in [0.1, 0.15) is 6.42 Å². The van der Waals surface area contributed by atoms with E-state index in [2.05, 4.69) is 0 Å². The maximum atomic E-state index is 10.8. The van der Waals surface area contributed by atoms with Gasteiger partial charge >= 0.3 is 5.97 Å². The summed E-state index contributed by atoms with van der Waals surface area (Å²) in [4.78, 5) is 10.8. The van der Waals surface area contributed by atoms with E-state index in [9.17, 15) is 4.79 Å². The molecule has 0 aromatic carbocycles. The molecule has 1 saturated heterocycles. The van der Waals surface area contributed by atoms with Crippen LogP contribution >= 0.6 is 0 Å². The maximum absolute atomic E-state index is 10.8. The van der Waals surface area contributed by atoms with E-state index in [0.29, 0.717) is 6.42 Å². The van der Waals surface area contributed by atoms with Gasteiger partial charge in [-0.05, 0) is 0 Å². The lowest BCUT2D eigenvalue weighted by Crippen LogP contribution is -2.24. The van der Waals surface area contributed by atoms with Crippen molar-refractivity contribution in [3.63, 3.8) is 0 Å². The highest BCUT2D eigenvalue weighted by Crippen LogP contribution is 2.29. The van der Waals surface area contributed by atoms with Crippen molar-refractivity contribution in [3.8, 4) is 0 Å². The normalized spacial score (nSPS) is 43.7. The molecule has 54 valence electrons. The monoisotopic (exact) mass is 140 g/mol. The van der Waals surface area contributed by atoms with Crippen LogP contribution in [-0.4, -0.2) is 23.3 Å². The molecule has 3 heteroatoms. The minimum atomic E-state index is -0.581. The Kier molecular flexibility index (Phi) is 1.08. The quantitative estimate of drug-likeness (QED) is 0.376. The third-order valence-corrected chi connectivity index (χ3v) is 1.98. The van der Waals surface area contributed by atoms with Gasteiger partial charge in [-0.3, -0.25) is 4.79 Å². The molecule has 0 saturated carbocycles. The molecule has 0 radical (unpaired) electrons. The van der Waals surface area contributed by atoms with Crippen LogP contribution in [0.3, 0.4) is 0 Å². The van der Waals surface area contributed by atoms with Crippen molar-refractivity contribution in [2.24, 2.45) is 5.92 Å². The van der Waals surface area contributed by atoms with E-state index in [4.69, 9.17) is 9.84 Å². The maximum Gasteiger partial charge on any atom is 0.313 e. The molecule has 3 nitrogen and oxygen atoms in total. The van der Waals surface area contributed by atoms with E-state index in [1.165, 1.54) is 0 Å². The number of esters is 1. The Hall–Kier alpha value is -0.830. The molecule has 2 bridgehead atoms. The molecular weight excluding hydrogens is 132 g/mol. The fourth-order valence-electron chi connectivity index (χ4n) is 1.37. The lowest BCUT2D eigenvalue weighted by atomic mass is 9.95. The van der Waals surface area contributed by atoms with Gasteiger partial charge in [0.25, 0.3) is 0 Å². The molecule has 0 unspecified atom stereocenters. The van der Waals surface area contributed by atoms with Crippen molar-refractivity contribution >= 4 is 5.97 Å². The molecule has 1 aliphatic carbocycles. The van der Waals surface area contributed by atoms with Crippen molar-refractivity contribution in [1.29, 1.82) is 0 Å². The molecule has 0 aromatic rings. The van der Waals surface area contributed by atoms with Crippen molar-refractivity contribution in [3.05, 3.63) is 12.2 Å². The van der Waals surface area contributed by atoms with Crippen molar-refractivity contribution in [2.75, 3.05) is 0 Å². The van der Waals surface area contributed by atoms with Crippen molar-refractivity contribution in [2.45, 2.75) is 18.6 Å². The van der Waals surface area contributed by atoms with Crippen LogP contribution in [-0.2, 0) is 9.53 Å². The third-order valence-electron chi connectivity index (χ3n) is 1.98. The Bertz CT molecular complexity index is 197. The highest BCUT2D eigenvalue weighted by atomic mass is 16.6. The Morgan fingerprint density at radius 1 is 1.60 bits per heavy atom. The topological polar surface area (TPSA) is 46.5 Å². The van der Waals surface area contributed by atoms with E-state index >= 15 is 0 Å². The van der Waals surface area contributed by atoms with E-state index in [0.717, 1.165) is 0 Å². The van der Waals surface area contributed by atoms with Crippen LogP contribution in [0.2, 0.25) is 0 Å². The fourth-order valence-corrected chi connectivity index (χ4v) is 1.37. The number of aliphatic hydroxyl groups excluding tert-OH is 1. The molecule has 10 heavy (non-hydrogen) atoms. The Morgan fingerprint density at radius 2 is 2.40 bits per heavy atom. The second-order valence-electron chi connectivity index (χ2n) is 2.69. The number of hydrogen-bond donors (Lipinski definition) is 1. The summed E-state index contributed by atoms with van der Waals surface area (Å²) < 4.78 is 4.85. The van der Waals surface area contributed by atoms with E-state index in [1.807, 2.05) is 0 Å². The average Bonchev–Trinajstić information content (AvgIpc) is 2.21. The van der Waals surface area contributed by atoms with Gasteiger partial charge in [0.1, 0.15) is 12.2 Å². The summed E-state index contributed by atoms with van der Waals surface area (Å²) in [5.74, 6) is -0.286. The first-order chi connectivity index (χ1) is 4.77. The largest absolute Gasteiger partial charge is 0.459 e. The highest BCUT2D eigenvalue weighted by Gasteiger charge is 2.39. The lowest BCUT2D eigenvalue weighted by molar-refractivity contribution is -0.145. The van der Waals surface area contributed by atoms with Gasteiger partial charge in [0.2, 0.25) is 0 Å². The smallest absolute Gasteiger partial charge is 0.313 e. The second-order valence-corrected chi connectivity index (χ2v) is 2.69. The number of hydrogen-bond acceptors (Lipinski definition) is 3. The van der Waals surface area contributed by atoms with Gasteiger partial charge in [0.05, 0.1) is 5.92 Å². The second kappa shape index (κ2) is 1.83. The Balaban J connectivity index is 2.27. The summed E-state index contributed by atoms with van der Waals surface area (Å²) in [6.45, 7) is 0. The minimum absolute atomic E-state index is 0.0894. The first-order valence-electron chi connectivity index (χ1n) is 3.34. The number of rotatable bonds is 0. The highest BCUT2D eigenvalue weighted by molar-refractivity contribution is 5.77. The summed E-state index contributed by atoms with van der Waals surface area (Å²) in [5.41, 5.74) is 0. The summed E-state index contributed by atoms with van der Waals surface area (Å²) in [5, 5.41) is 9.15. The van der Waals surface area contributed by atoms with Gasteiger partial charge in [-0.15, -0.1) is 0 Å². The molecule has 0 aromatic heterocycles. The molecule has 2 aliphatic rings. The fraction of sp³-hybridized carbons (Fsp3) is 0.571. The molecule has 1 aliphatic heterocycles. The zero-order chi connectivity index (χ0) is 7.14. The molecule has 1 heterocycles. The zero-order valence-corrected chi connectivity index (χ0v) is 5.36. The number of aliphatic hydroxyl groups is 1. The molecule has 3 atom stereocenters. The predicted molar refractivity (Wildman–Crippen MR) is 33.1 cm³/mol. The van der Waals surface area contributed by atoms with Gasteiger partial charge in [0.15, 0.2) is 0 Å². The molecule has 2 rings (SSSR count). The van der Waals surface area contributed by atoms with E-state index in [1.54, 1.807) is 12.2 Å². The number of carbonyl (C=O) groups excluding carboxylic acids is 1. The zero-order valence-electron chi connectivity index (χ0n) is 5.36. The van der Waals surface area contributed by atoms with Crippen LogP contribution < -0.4 is 0 Å². The molecule has 1 fully saturated rings. The van der Waals surface area contributed by atoms with Gasteiger partial charge < -0.3 is 9.84 Å². The number of fused-ring (bicyclic) bond motifs is 2. The van der Waals surface area contributed by atoms with Crippen LogP contribution in [0.25, 0.3) is 0 Å². The Morgan fingerprint density at radius 3 is 3.10 bits per heavy atom. The SMILES string of the molecule is O=C1O[C@@H]2C[C@H]1C=C[C@H]2O. The molecular formula is C7H8O3. The van der Waals surface area contributed by atoms with Gasteiger partial charge in [-0.25, -0.2) is 0 Å². The van der Waals surface area contributed by atoms with E-state index < -0.39 is 6.10 Å². The van der Waals surface area contributed by atoms with Crippen LogP contribution in [0, 0.1) is 5.92 Å². The molecule has 1 N–H and O–H groups in total. The standard InChI is InChI=1S/C7H8O3/c8-5-2-1-4-3-6(5)10-7(4)9/h1-2,4-6,8H,3H2/t4-,5-,6-/m1/s1. The van der Waals surface area contributed by atoms with Gasteiger partial charge in [-0.2, -0.15) is 0 Å². The lowest BCUT2D eigenvalue weighted by Gasteiger charge is -2.14. The Labute approximate surface area is 58.3 Å². The first-order valence-corrected chi connectivity index (χ1v) is 3.34. The average molecular weight is 140 g/mol. The summed E-state index contributed by atoms with van der Waals surface area (Å²) in [6, 6.07) is 0. The van der Waals surface area contributed by atoms with Crippen molar-refractivity contribution < 1.29 is 14.6 Å². The number of carbonyl (C=O) groups is 1. The summed E-state index contributed by atoms with van der Waals surface area (Å²) in [7, 11) is 0. The van der Waals surface area contributed by atoms with Crippen LogP contribution in [0.4, 0.5) is 0 Å². The van der Waals surface area contributed by atoms with Crippen molar-refractivity contribution in [1.82, 2.24) is 0 Å². The predicted octanol–water partition coefficient (Wildman–Crippen LogP) is -0.151. The van der Waals surface area contributed by atoms with Crippen LogP contribution in [0.5, 0.6) is 0 Å². The molecule has 0 spiro atoms. The first kappa shape index (κ1) is 5.92. The molecule has 0 amide bonds. The minimum Gasteiger partial charge on any atom is -0.459 e. The third kappa shape index (κ3) is 0.671.